The number of benzene rings is 2. The van der Waals surface area contributed by atoms with E-state index >= 15 is 0 Å². The van der Waals surface area contributed by atoms with Gasteiger partial charge < -0.3 is 19.4 Å². The highest BCUT2D eigenvalue weighted by molar-refractivity contribution is 6.31. The molecule has 2 atom stereocenters. The number of carbonyl (C=O) groups is 3. The van der Waals surface area contributed by atoms with E-state index in [9.17, 15) is 14.4 Å². The Morgan fingerprint density at radius 3 is 2.44 bits per heavy atom. The van der Waals surface area contributed by atoms with E-state index in [0.29, 0.717) is 16.1 Å². The van der Waals surface area contributed by atoms with Crippen LogP contribution in [0.15, 0.2) is 42.5 Å². The number of nitrogens with zero attached hydrogens (tertiary/aromatic N) is 1. The van der Waals surface area contributed by atoms with Crippen LogP contribution in [0.1, 0.15) is 33.2 Å². The zero-order valence-corrected chi connectivity index (χ0v) is 18.9. The standard InChI is InChI=1S/C23H20Cl2N2O5/c1-31-22(29)13-5-3-12(4-6-13)21-20-16(15-9-14(25)7-8-17(15)26-20)10-18(23(30)32-2)27(21)19(28)11-24/h3-9,18,21,26H,10-11H2,1-2H3/t18-,21+/m1/s1. The molecule has 1 aromatic heterocycles. The maximum Gasteiger partial charge on any atom is 0.337 e. The summed E-state index contributed by atoms with van der Waals surface area (Å²) in [4.78, 5) is 42.4. The number of carbonyl (C=O) groups excluding carboxylic acids is 3. The molecule has 0 aliphatic carbocycles. The van der Waals surface area contributed by atoms with Gasteiger partial charge in [-0.2, -0.15) is 0 Å². The summed E-state index contributed by atoms with van der Waals surface area (Å²) in [7, 11) is 2.59. The molecule has 2 heterocycles. The van der Waals surface area contributed by atoms with Crippen LogP contribution in [-0.2, 0) is 25.5 Å². The second kappa shape index (κ2) is 8.84. The highest BCUT2D eigenvalue weighted by Gasteiger charge is 2.43. The minimum Gasteiger partial charge on any atom is -0.467 e. The van der Waals surface area contributed by atoms with E-state index in [1.54, 1.807) is 30.3 Å². The van der Waals surface area contributed by atoms with Crippen molar-refractivity contribution in [2.24, 2.45) is 0 Å². The minimum atomic E-state index is -0.873. The number of methoxy groups -OCH3 is 2. The van der Waals surface area contributed by atoms with Gasteiger partial charge in [-0.15, -0.1) is 11.6 Å². The molecule has 1 N–H and O–H groups in total. The van der Waals surface area contributed by atoms with Gasteiger partial charge in [-0.05, 0) is 41.5 Å². The summed E-state index contributed by atoms with van der Waals surface area (Å²) < 4.78 is 9.79. The molecule has 0 radical (unpaired) electrons. The molecule has 0 bridgehead atoms. The molecule has 32 heavy (non-hydrogen) atoms. The summed E-state index contributed by atoms with van der Waals surface area (Å²) in [6.45, 7) is 0. The van der Waals surface area contributed by atoms with Gasteiger partial charge in [0.05, 0.1) is 25.8 Å². The Morgan fingerprint density at radius 2 is 1.81 bits per heavy atom. The molecule has 0 unspecified atom stereocenters. The monoisotopic (exact) mass is 474 g/mol. The molecule has 0 spiro atoms. The number of halogens is 2. The van der Waals surface area contributed by atoms with Crippen LogP contribution in [0.3, 0.4) is 0 Å². The fourth-order valence-electron chi connectivity index (χ4n) is 4.27. The first-order valence-electron chi connectivity index (χ1n) is 9.82. The van der Waals surface area contributed by atoms with Crippen LogP contribution in [0.25, 0.3) is 10.9 Å². The van der Waals surface area contributed by atoms with Crippen molar-refractivity contribution in [2.75, 3.05) is 20.1 Å². The highest BCUT2D eigenvalue weighted by atomic mass is 35.5. The molecule has 2 aromatic carbocycles. The molecular formula is C23H20Cl2N2O5. The fourth-order valence-corrected chi connectivity index (χ4v) is 4.58. The lowest BCUT2D eigenvalue weighted by Gasteiger charge is -2.40. The topological polar surface area (TPSA) is 88.7 Å². The van der Waals surface area contributed by atoms with E-state index in [1.165, 1.54) is 19.1 Å². The molecule has 0 saturated heterocycles. The maximum atomic E-state index is 13.0. The zero-order valence-electron chi connectivity index (χ0n) is 17.4. The van der Waals surface area contributed by atoms with E-state index in [0.717, 1.165) is 22.2 Å². The summed E-state index contributed by atoms with van der Waals surface area (Å²) in [6.07, 6.45) is 0.252. The summed E-state index contributed by atoms with van der Waals surface area (Å²) in [5, 5.41) is 1.43. The lowest BCUT2D eigenvalue weighted by molar-refractivity contribution is -0.154. The van der Waals surface area contributed by atoms with Crippen molar-refractivity contribution in [2.45, 2.75) is 18.5 Å². The van der Waals surface area contributed by atoms with Crippen LogP contribution in [0.2, 0.25) is 5.02 Å². The number of hydrogen-bond donors (Lipinski definition) is 1. The third-order valence-electron chi connectivity index (χ3n) is 5.71. The van der Waals surface area contributed by atoms with Crippen molar-refractivity contribution < 1.29 is 23.9 Å². The molecule has 3 aromatic rings. The number of amides is 1. The number of H-pyrrole nitrogens is 1. The van der Waals surface area contributed by atoms with E-state index in [-0.39, 0.29) is 12.3 Å². The number of aromatic amines is 1. The fraction of sp³-hybridized carbons (Fsp3) is 0.261. The number of alkyl halides is 1. The van der Waals surface area contributed by atoms with Gasteiger partial charge >= 0.3 is 11.9 Å². The van der Waals surface area contributed by atoms with Crippen molar-refractivity contribution in [3.8, 4) is 0 Å². The predicted molar refractivity (Wildman–Crippen MR) is 120 cm³/mol. The Hall–Kier alpha value is -3.03. The van der Waals surface area contributed by atoms with Gasteiger partial charge in [-0.3, -0.25) is 4.79 Å². The van der Waals surface area contributed by atoms with Crippen LogP contribution >= 0.6 is 23.2 Å². The Kier molecular flexibility index (Phi) is 6.13. The van der Waals surface area contributed by atoms with Gasteiger partial charge in [0.15, 0.2) is 0 Å². The zero-order chi connectivity index (χ0) is 23.0. The van der Waals surface area contributed by atoms with E-state index in [1.807, 2.05) is 12.1 Å². The predicted octanol–water partition coefficient (Wildman–Crippen LogP) is 3.86. The Morgan fingerprint density at radius 1 is 1.09 bits per heavy atom. The summed E-state index contributed by atoms with van der Waals surface area (Å²) >= 11 is 12.2. The number of fused-ring (bicyclic) bond motifs is 3. The first kappa shape index (κ1) is 22.2. The number of nitrogens with one attached hydrogen (secondary N) is 1. The second-order valence-electron chi connectivity index (χ2n) is 7.40. The van der Waals surface area contributed by atoms with E-state index in [2.05, 4.69) is 4.98 Å². The third kappa shape index (κ3) is 3.72. The van der Waals surface area contributed by atoms with E-state index < -0.39 is 29.9 Å². The van der Waals surface area contributed by atoms with Gasteiger partial charge in [0.25, 0.3) is 0 Å². The summed E-state index contributed by atoms with van der Waals surface area (Å²) in [6, 6.07) is 10.6. The first-order chi connectivity index (χ1) is 15.4. The largest absolute Gasteiger partial charge is 0.467 e. The van der Waals surface area contributed by atoms with Crippen molar-refractivity contribution in [3.05, 3.63) is 69.9 Å². The first-order valence-corrected chi connectivity index (χ1v) is 10.7. The van der Waals surface area contributed by atoms with Crippen LogP contribution in [0.4, 0.5) is 0 Å². The summed E-state index contributed by atoms with van der Waals surface area (Å²) in [5.74, 6) is -1.72. The van der Waals surface area contributed by atoms with E-state index in [4.69, 9.17) is 32.7 Å². The smallest absolute Gasteiger partial charge is 0.337 e. The lowest BCUT2D eigenvalue weighted by Crippen LogP contribution is -2.52. The number of rotatable bonds is 4. The number of ether oxygens (including phenoxy) is 2. The molecule has 166 valence electrons. The average molecular weight is 475 g/mol. The molecule has 1 aliphatic heterocycles. The van der Waals surface area contributed by atoms with Gasteiger partial charge in [0, 0.05) is 28.0 Å². The van der Waals surface area contributed by atoms with Crippen molar-refractivity contribution in [1.82, 2.24) is 9.88 Å². The second-order valence-corrected chi connectivity index (χ2v) is 8.10. The van der Waals surface area contributed by atoms with Crippen molar-refractivity contribution >= 4 is 52.0 Å². The Balaban J connectivity index is 1.94. The van der Waals surface area contributed by atoms with Gasteiger partial charge in [-0.1, -0.05) is 23.7 Å². The molecule has 0 fully saturated rings. The minimum absolute atomic E-state index is 0.252. The van der Waals surface area contributed by atoms with Crippen molar-refractivity contribution in [3.63, 3.8) is 0 Å². The number of aromatic nitrogens is 1. The number of esters is 2. The van der Waals surface area contributed by atoms with Crippen LogP contribution in [0.5, 0.6) is 0 Å². The highest BCUT2D eigenvalue weighted by Crippen LogP contribution is 2.42. The molecule has 9 heteroatoms. The average Bonchev–Trinajstić information content (AvgIpc) is 3.18. The SMILES string of the molecule is COC(=O)c1ccc([C@H]2c3[nH]c4ccc(Cl)cc4c3C[C@H](C(=O)OC)N2C(=O)CCl)cc1. The van der Waals surface area contributed by atoms with Gasteiger partial charge in [0.2, 0.25) is 5.91 Å². The number of hydrogen-bond acceptors (Lipinski definition) is 5. The van der Waals surface area contributed by atoms with Crippen LogP contribution < -0.4 is 0 Å². The lowest BCUT2D eigenvalue weighted by atomic mass is 9.87. The molecule has 4 rings (SSSR count). The van der Waals surface area contributed by atoms with Crippen LogP contribution in [-0.4, -0.2) is 53.9 Å². The Bertz CT molecular complexity index is 1210. The molecule has 1 amide bonds. The van der Waals surface area contributed by atoms with Crippen molar-refractivity contribution in [1.29, 1.82) is 0 Å². The van der Waals surface area contributed by atoms with Gasteiger partial charge in [-0.25, -0.2) is 9.59 Å². The maximum absolute atomic E-state index is 13.0. The molecule has 7 nitrogen and oxygen atoms in total. The normalized spacial score (nSPS) is 17.7. The molecule has 0 saturated carbocycles. The van der Waals surface area contributed by atoms with Gasteiger partial charge in [0.1, 0.15) is 11.9 Å². The molecular weight excluding hydrogens is 455 g/mol. The Labute approximate surface area is 194 Å². The molecule has 1 aliphatic rings. The summed E-state index contributed by atoms with van der Waals surface area (Å²) in [5.41, 5.74) is 3.53. The van der Waals surface area contributed by atoms with Crippen LogP contribution in [0, 0.1) is 0 Å². The third-order valence-corrected chi connectivity index (χ3v) is 6.17. The quantitative estimate of drug-likeness (QED) is 0.458.